The predicted molar refractivity (Wildman–Crippen MR) is 67.1 cm³/mol. The summed E-state index contributed by atoms with van der Waals surface area (Å²) in [4.78, 5) is 0. The number of benzene rings is 2. The van der Waals surface area contributed by atoms with E-state index in [1.165, 1.54) is 0 Å². The van der Waals surface area contributed by atoms with E-state index in [0.29, 0.717) is 10.0 Å². The normalized spacial score (nSPS) is 10.9. The summed E-state index contributed by atoms with van der Waals surface area (Å²) in [5.74, 6) is 0. The molecule has 0 radical (unpaired) electrons. The molecular weight excluding hydrogens is 243 g/mol. The van der Waals surface area contributed by atoms with Crippen LogP contribution in [0.2, 0.25) is 10.0 Å². The third kappa shape index (κ3) is 3.05. The molecule has 0 N–H and O–H groups in total. The average Bonchev–Trinajstić information content (AvgIpc) is 2.28. The summed E-state index contributed by atoms with van der Waals surface area (Å²) >= 11 is 11.6. The Kier molecular flexibility index (Phi) is 3.54. The zero-order valence-corrected chi connectivity index (χ0v) is 9.78. The molecule has 0 unspecified atom stereocenters. The van der Waals surface area contributed by atoms with Crippen LogP contribution in [0.5, 0.6) is 0 Å². The van der Waals surface area contributed by atoms with Gasteiger partial charge in [0.1, 0.15) is 0 Å². The van der Waals surface area contributed by atoms with Gasteiger partial charge >= 0.3 is 0 Å². The molecule has 0 saturated heterocycles. The lowest BCUT2D eigenvalue weighted by atomic mass is 10.3. The van der Waals surface area contributed by atoms with E-state index >= 15 is 0 Å². The van der Waals surface area contributed by atoms with Crippen LogP contribution in [0.3, 0.4) is 0 Å². The molecule has 80 valence electrons. The van der Waals surface area contributed by atoms with Crippen LogP contribution in [0.1, 0.15) is 0 Å². The maximum Gasteiger partial charge on any atom is 0.0871 e. The van der Waals surface area contributed by atoms with Crippen LogP contribution in [0.25, 0.3) is 0 Å². The monoisotopic (exact) mass is 250 g/mol. The lowest BCUT2D eigenvalue weighted by molar-refractivity contribution is 1.23. The van der Waals surface area contributed by atoms with E-state index in [1.54, 1.807) is 36.4 Å². The van der Waals surface area contributed by atoms with Crippen molar-refractivity contribution in [3.8, 4) is 0 Å². The van der Waals surface area contributed by atoms with E-state index in [4.69, 9.17) is 23.2 Å². The number of halogens is 2. The minimum atomic E-state index is 0.646. The number of hydrogen-bond acceptors (Lipinski definition) is 2. The standard InChI is InChI=1S/C12H8Cl2N2/c13-9-4-6-11(7-5-9)15-16-12-3-1-2-10(14)8-12/h1-8H/b16-15+. The fourth-order valence-corrected chi connectivity index (χ4v) is 1.47. The second-order valence-corrected chi connectivity index (χ2v) is 4.03. The van der Waals surface area contributed by atoms with Crippen molar-refractivity contribution in [3.05, 3.63) is 58.6 Å². The van der Waals surface area contributed by atoms with Crippen LogP contribution >= 0.6 is 23.2 Å². The molecular formula is C12H8Cl2N2. The summed E-state index contributed by atoms with van der Waals surface area (Å²) in [5, 5.41) is 9.46. The minimum Gasteiger partial charge on any atom is -0.151 e. The van der Waals surface area contributed by atoms with Crippen LogP contribution in [-0.2, 0) is 0 Å². The first-order chi connectivity index (χ1) is 7.74. The second kappa shape index (κ2) is 5.10. The van der Waals surface area contributed by atoms with Crippen molar-refractivity contribution in [1.82, 2.24) is 0 Å². The third-order valence-corrected chi connectivity index (χ3v) is 2.40. The minimum absolute atomic E-state index is 0.646. The molecule has 0 fully saturated rings. The molecule has 0 spiro atoms. The first-order valence-corrected chi connectivity index (χ1v) is 5.42. The lowest BCUT2D eigenvalue weighted by Crippen LogP contribution is -1.66. The summed E-state index contributed by atoms with van der Waals surface area (Å²) in [6.45, 7) is 0. The van der Waals surface area contributed by atoms with Gasteiger partial charge in [0.15, 0.2) is 0 Å². The molecule has 16 heavy (non-hydrogen) atoms. The van der Waals surface area contributed by atoms with Crippen molar-refractivity contribution in [1.29, 1.82) is 0 Å². The maximum absolute atomic E-state index is 5.83. The summed E-state index contributed by atoms with van der Waals surface area (Å²) < 4.78 is 0. The summed E-state index contributed by atoms with van der Waals surface area (Å²) in [5.41, 5.74) is 1.48. The summed E-state index contributed by atoms with van der Waals surface area (Å²) in [7, 11) is 0. The SMILES string of the molecule is Clc1ccc(/N=N/c2cccc(Cl)c2)cc1. The Bertz CT molecular complexity index is 507. The topological polar surface area (TPSA) is 24.7 Å². The maximum atomic E-state index is 5.83. The zero-order valence-electron chi connectivity index (χ0n) is 8.27. The van der Waals surface area contributed by atoms with Gasteiger partial charge in [-0.15, -0.1) is 0 Å². The lowest BCUT2D eigenvalue weighted by Gasteiger charge is -1.94. The number of rotatable bonds is 2. The highest BCUT2D eigenvalue weighted by atomic mass is 35.5. The van der Waals surface area contributed by atoms with Gasteiger partial charge in [0, 0.05) is 10.0 Å². The molecule has 0 atom stereocenters. The van der Waals surface area contributed by atoms with Gasteiger partial charge in [-0.25, -0.2) is 0 Å². The van der Waals surface area contributed by atoms with E-state index in [1.807, 2.05) is 12.1 Å². The quantitative estimate of drug-likeness (QED) is 0.637. The second-order valence-electron chi connectivity index (χ2n) is 3.16. The van der Waals surface area contributed by atoms with Crippen molar-refractivity contribution in [2.75, 3.05) is 0 Å². The molecule has 2 aromatic rings. The Balaban J connectivity index is 2.18. The van der Waals surface area contributed by atoms with Crippen LogP contribution in [-0.4, -0.2) is 0 Å². The summed E-state index contributed by atoms with van der Waals surface area (Å²) in [6, 6.07) is 14.4. The zero-order chi connectivity index (χ0) is 11.4. The highest BCUT2D eigenvalue weighted by Crippen LogP contribution is 2.22. The molecule has 0 bridgehead atoms. The van der Waals surface area contributed by atoms with Crippen LogP contribution in [0, 0.1) is 0 Å². The van der Waals surface area contributed by atoms with Crippen molar-refractivity contribution >= 4 is 34.6 Å². The largest absolute Gasteiger partial charge is 0.151 e. The molecule has 0 aliphatic heterocycles. The number of nitrogens with zero attached hydrogens (tertiary/aromatic N) is 2. The molecule has 2 nitrogen and oxygen atoms in total. The van der Waals surface area contributed by atoms with Gasteiger partial charge < -0.3 is 0 Å². The van der Waals surface area contributed by atoms with E-state index < -0.39 is 0 Å². The van der Waals surface area contributed by atoms with E-state index in [0.717, 1.165) is 11.4 Å². The van der Waals surface area contributed by atoms with Gasteiger partial charge in [-0.1, -0.05) is 29.3 Å². The highest BCUT2D eigenvalue weighted by Gasteiger charge is 1.92. The summed E-state index contributed by atoms with van der Waals surface area (Å²) in [6.07, 6.45) is 0. The van der Waals surface area contributed by atoms with E-state index in [2.05, 4.69) is 10.2 Å². The van der Waals surface area contributed by atoms with Crippen LogP contribution in [0.4, 0.5) is 11.4 Å². The highest BCUT2D eigenvalue weighted by molar-refractivity contribution is 6.31. The first kappa shape index (κ1) is 11.1. The fraction of sp³-hybridized carbons (Fsp3) is 0. The fourth-order valence-electron chi connectivity index (χ4n) is 1.16. The molecule has 2 aromatic carbocycles. The predicted octanol–water partition coefficient (Wildman–Crippen LogP) is 5.41. The average molecular weight is 251 g/mol. The molecule has 0 aromatic heterocycles. The molecule has 0 heterocycles. The first-order valence-electron chi connectivity index (χ1n) is 4.67. The van der Waals surface area contributed by atoms with Gasteiger partial charge in [-0.05, 0) is 42.5 Å². The van der Waals surface area contributed by atoms with Crippen molar-refractivity contribution in [2.24, 2.45) is 10.2 Å². The van der Waals surface area contributed by atoms with Gasteiger partial charge in [-0.2, -0.15) is 10.2 Å². The molecule has 0 amide bonds. The van der Waals surface area contributed by atoms with E-state index in [-0.39, 0.29) is 0 Å². The Morgan fingerprint density at radius 1 is 0.688 bits per heavy atom. The van der Waals surface area contributed by atoms with Crippen LogP contribution < -0.4 is 0 Å². The van der Waals surface area contributed by atoms with Gasteiger partial charge in [0.25, 0.3) is 0 Å². The van der Waals surface area contributed by atoms with Gasteiger partial charge in [0.05, 0.1) is 11.4 Å². The molecule has 0 aliphatic rings. The number of azo groups is 1. The number of hydrogen-bond donors (Lipinski definition) is 0. The Morgan fingerprint density at radius 2 is 1.38 bits per heavy atom. The van der Waals surface area contributed by atoms with Gasteiger partial charge in [-0.3, -0.25) is 0 Å². The van der Waals surface area contributed by atoms with Crippen LogP contribution in [0.15, 0.2) is 58.8 Å². The molecule has 0 saturated carbocycles. The van der Waals surface area contributed by atoms with Gasteiger partial charge in [0.2, 0.25) is 0 Å². The smallest absolute Gasteiger partial charge is 0.0871 e. The molecule has 2 rings (SSSR count). The molecule has 0 aliphatic carbocycles. The Hall–Kier alpha value is -1.38. The van der Waals surface area contributed by atoms with Crippen molar-refractivity contribution < 1.29 is 0 Å². The van der Waals surface area contributed by atoms with Crippen molar-refractivity contribution in [3.63, 3.8) is 0 Å². The Morgan fingerprint density at radius 3 is 2.06 bits per heavy atom. The third-order valence-electron chi connectivity index (χ3n) is 1.92. The van der Waals surface area contributed by atoms with Crippen molar-refractivity contribution in [2.45, 2.75) is 0 Å². The molecule has 4 heteroatoms. The Labute approximate surface area is 104 Å². The van der Waals surface area contributed by atoms with E-state index in [9.17, 15) is 0 Å².